The minimum atomic E-state index is 0.695. The maximum absolute atomic E-state index is 5.30. The van der Waals surface area contributed by atoms with Crippen molar-refractivity contribution in [3.63, 3.8) is 0 Å². The van der Waals surface area contributed by atoms with Crippen LogP contribution in [0.3, 0.4) is 0 Å². The first-order chi connectivity index (χ1) is 32.2. The second-order valence-electron chi connectivity index (χ2n) is 16.7. The number of fused-ring (bicyclic) bond motifs is 6. The zero-order chi connectivity index (χ0) is 43.1. The van der Waals surface area contributed by atoms with E-state index in [2.05, 4.69) is 203 Å². The molecule has 3 aromatic heterocycles. The molecule has 12 rings (SSSR count). The molecule has 0 amide bonds. The lowest BCUT2D eigenvalue weighted by atomic mass is 10.0. The molecule has 8 aromatic carbocycles. The van der Waals surface area contributed by atoms with Gasteiger partial charge in [0.25, 0.3) is 0 Å². The van der Waals surface area contributed by atoms with Crippen molar-refractivity contribution in [3.8, 4) is 33.6 Å². The van der Waals surface area contributed by atoms with Gasteiger partial charge in [-0.25, -0.2) is 9.98 Å². The number of amidine groups is 1. The molecular weight excluding hydrogens is 791 g/mol. The van der Waals surface area contributed by atoms with E-state index in [9.17, 15) is 0 Å². The quantitative estimate of drug-likeness (QED) is 0.158. The van der Waals surface area contributed by atoms with Gasteiger partial charge >= 0.3 is 0 Å². The van der Waals surface area contributed by atoms with Gasteiger partial charge in [-0.05, 0) is 120 Å². The zero-order valence-corrected chi connectivity index (χ0v) is 35.7. The maximum atomic E-state index is 5.30. The highest BCUT2D eigenvalue weighted by molar-refractivity contribution is 6.14. The van der Waals surface area contributed by atoms with E-state index in [-0.39, 0.29) is 0 Å². The van der Waals surface area contributed by atoms with Crippen LogP contribution in [0.5, 0.6) is 0 Å². The molecule has 5 heteroatoms. The second-order valence-corrected chi connectivity index (χ2v) is 16.7. The fraction of sp³-hybridized carbons (Fsp3) is 0.0500. The summed E-state index contributed by atoms with van der Waals surface area (Å²) in [7, 11) is 0. The van der Waals surface area contributed by atoms with Gasteiger partial charge < -0.3 is 9.13 Å². The van der Waals surface area contributed by atoms with E-state index in [0.29, 0.717) is 5.84 Å². The van der Waals surface area contributed by atoms with Gasteiger partial charge in [0.15, 0.2) is 5.84 Å². The molecule has 1 aliphatic heterocycles. The predicted molar refractivity (Wildman–Crippen MR) is 272 cm³/mol. The summed E-state index contributed by atoms with van der Waals surface area (Å²) in [6.45, 7) is 0. The van der Waals surface area contributed by atoms with Crippen LogP contribution >= 0.6 is 0 Å². The summed E-state index contributed by atoms with van der Waals surface area (Å²) in [5.74, 6) is 0.695. The summed E-state index contributed by atoms with van der Waals surface area (Å²) in [4.78, 5) is 15.4. The molecular formula is C60H43N5. The monoisotopic (exact) mass is 833 g/mol. The Hall–Kier alpha value is -8.41. The van der Waals surface area contributed by atoms with Crippen LogP contribution in [0.1, 0.15) is 36.1 Å². The topological polar surface area (TPSA) is 47.5 Å². The molecule has 0 bridgehead atoms. The summed E-state index contributed by atoms with van der Waals surface area (Å²) in [5.41, 5.74) is 16.5. The minimum Gasteiger partial charge on any atom is -0.309 e. The maximum Gasteiger partial charge on any atom is 0.160 e. The number of aromatic nitrogens is 3. The van der Waals surface area contributed by atoms with Crippen LogP contribution < -0.4 is 0 Å². The molecule has 0 aliphatic carbocycles. The molecule has 0 fully saturated rings. The third-order valence-corrected chi connectivity index (χ3v) is 12.7. The summed E-state index contributed by atoms with van der Waals surface area (Å²) >= 11 is 0. The number of pyridine rings is 1. The van der Waals surface area contributed by atoms with Gasteiger partial charge in [-0.3, -0.25) is 4.98 Å². The fourth-order valence-electron chi connectivity index (χ4n) is 9.58. The van der Waals surface area contributed by atoms with Crippen molar-refractivity contribution in [2.75, 3.05) is 0 Å². The normalized spacial score (nSPS) is 13.3. The Morgan fingerprint density at radius 3 is 1.52 bits per heavy atom. The Morgan fingerprint density at radius 1 is 0.369 bits per heavy atom. The van der Waals surface area contributed by atoms with Crippen molar-refractivity contribution >= 4 is 60.9 Å². The number of rotatable bonds is 7. The first kappa shape index (κ1) is 38.3. The van der Waals surface area contributed by atoms with E-state index in [1.165, 1.54) is 54.9 Å². The van der Waals surface area contributed by atoms with Crippen molar-refractivity contribution in [2.45, 2.75) is 19.3 Å². The van der Waals surface area contributed by atoms with Crippen molar-refractivity contribution in [2.24, 2.45) is 9.98 Å². The summed E-state index contributed by atoms with van der Waals surface area (Å²) in [5, 5.41) is 4.93. The first-order valence-corrected chi connectivity index (χ1v) is 22.4. The third kappa shape index (κ3) is 7.04. The van der Waals surface area contributed by atoms with Crippen LogP contribution in [0.15, 0.2) is 235 Å². The van der Waals surface area contributed by atoms with Gasteiger partial charge in [0.2, 0.25) is 0 Å². The second kappa shape index (κ2) is 16.4. The Balaban J connectivity index is 0.897. The Labute approximate surface area is 377 Å². The Bertz CT molecular complexity index is 3650. The van der Waals surface area contributed by atoms with Crippen LogP contribution in [0, 0.1) is 0 Å². The standard InChI is InChI=1S/C60H43N5/c1-4-16-42(17-5-1)53-24-12-13-25-54(63-60(62-53)43-18-6-2-7-19-43)55-40-46(36-37-61-55)45-31-35-59-52(39-45)50-23-11-15-27-57(50)65(59)48-32-28-41(29-33-48)44-30-34-58-51(38-44)49-22-10-14-26-56(49)64(58)47-20-8-3-9-21-47/h1-11,14-24,26-40H,12-13,25H2. The Kier molecular flexibility index (Phi) is 9.64. The van der Waals surface area contributed by atoms with Gasteiger partial charge in [0, 0.05) is 44.7 Å². The van der Waals surface area contributed by atoms with Gasteiger partial charge in [0.1, 0.15) is 0 Å². The number of nitrogens with zero attached hydrogens (tertiary/aromatic N) is 5. The van der Waals surface area contributed by atoms with Crippen LogP contribution in [0.25, 0.3) is 82.9 Å². The number of para-hydroxylation sites is 3. The fourth-order valence-corrected chi connectivity index (χ4v) is 9.58. The lowest BCUT2D eigenvalue weighted by Gasteiger charge is -2.11. The average Bonchev–Trinajstić information content (AvgIpc) is 3.92. The van der Waals surface area contributed by atoms with Gasteiger partial charge in [-0.1, -0.05) is 146 Å². The van der Waals surface area contributed by atoms with E-state index in [1.807, 2.05) is 30.5 Å². The minimum absolute atomic E-state index is 0.695. The third-order valence-electron chi connectivity index (χ3n) is 12.7. The van der Waals surface area contributed by atoms with Crippen molar-refractivity contribution < 1.29 is 0 Å². The molecule has 308 valence electrons. The number of hydrogen-bond acceptors (Lipinski definition) is 3. The molecule has 0 radical (unpaired) electrons. The van der Waals surface area contributed by atoms with Crippen molar-refractivity contribution in [1.29, 1.82) is 0 Å². The Morgan fingerprint density at radius 2 is 0.877 bits per heavy atom. The van der Waals surface area contributed by atoms with Crippen LogP contribution in [-0.4, -0.2) is 25.7 Å². The van der Waals surface area contributed by atoms with E-state index >= 15 is 0 Å². The highest BCUT2D eigenvalue weighted by atomic mass is 15.0. The lowest BCUT2D eigenvalue weighted by Crippen LogP contribution is -2.09. The van der Waals surface area contributed by atoms with E-state index in [0.717, 1.165) is 69.8 Å². The van der Waals surface area contributed by atoms with Crippen LogP contribution in [0.2, 0.25) is 0 Å². The molecule has 0 saturated heterocycles. The molecule has 1 aliphatic rings. The largest absolute Gasteiger partial charge is 0.309 e. The van der Waals surface area contributed by atoms with Gasteiger partial charge in [0.05, 0.1) is 39.2 Å². The molecule has 0 atom stereocenters. The van der Waals surface area contributed by atoms with Crippen molar-refractivity contribution in [1.82, 2.24) is 14.1 Å². The summed E-state index contributed by atoms with van der Waals surface area (Å²) in [6.07, 6.45) is 6.80. The van der Waals surface area contributed by atoms with E-state index in [1.54, 1.807) is 0 Å². The molecule has 0 saturated carbocycles. The van der Waals surface area contributed by atoms with Gasteiger partial charge in [-0.15, -0.1) is 0 Å². The smallest absolute Gasteiger partial charge is 0.160 e. The number of allylic oxidation sites excluding steroid dienone is 1. The molecule has 0 N–H and O–H groups in total. The average molecular weight is 834 g/mol. The molecule has 65 heavy (non-hydrogen) atoms. The predicted octanol–water partition coefficient (Wildman–Crippen LogP) is 15.1. The van der Waals surface area contributed by atoms with E-state index < -0.39 is 0 Å². The van der Waals surface area contributed by atoms with E-state index in [4.69, 9.17) is 15.0 Å². The molecule has 5 nitrogen and oxygen atoms in total. The number of hydrogen-bond donors (Lipinski definition) is 0. The summed E-state index contributed by atoms with van der Waals surface area (Å²) in [6, 6.07) is 75.8. The molecule has 4 heterocycles. The SMILES string of the molecule is C1=C(c2ccccc2)N=C(c2ccccc2)N=C(c2cc(-c3ccc4c(c3)c3ccccc3n4-c3ccc(-c4ccc5c(c4)c4ccccc4n5-c4ccccc4)cc3)ccn2)CCC1. The highest BCUT2D eigenvalue weighted by Crippen LogP contribution is 2.38. The molecule has 11 aromatic rings. The highest BCUT2D eigenvalue weighted by Gasteiger charge is 2.18. The first-order valence-electron chi connectivity index (χ1n) is 22.4. The van der Waals surface area contributed by atoms with Crippen molar-refractivity contribution in [3.05, 3.63) is 241 Å². The lowest BCUT2D eigenvalue weighted by molar-refractivity contribution is 0.893. The number of aliphatic imine (C=N–C) groups is 2. The zero-order valence-electron chi connectivity index (χ0n) is 35.7. The molecule has 0 unspecified atom stereocenters. The summed E-state index contributed by atoms with van der Waals surface area (Å²) < 4.78 is 4.76. The van der Waals surface area contributed by atoms with Crippen LogP contribution in [-0.2, 0) is 0 Å². The van der Waals surface area contributed by atoms with Crippen LogP contribution in [0.4, 0.5) is 0 Å². The number of benzene rings is 8. The molecule has 0 spiro atoms. The van der Waals surface area contributed by atoms with Gasteiger partial charge in [-0.2, -0.15) is 0 Å².